The zero-order chi connectivity index (χ0) is 14.4. The van der Waals surface area contributed by atoms with Crippen LogP contribution in [0.25, 0.3) is 0 Å². The van der Waals surface area contributed by atoms with Gasteiger partial charge in [0, 0.05) is 45.5 Å². The van der Waals surface area contributed by atoms with E-state index >= 15 is 0 Å². The van der Waals surface area contributed by atoms with Crippen LogP contribution in [-0.2, 0) is 0 Å². The van der Waals surface area contributed by atoms with E-state index in [1.807, 2.05) is 18.3 Å². The predicted molar refractivity (Wildman–Crippen MR) is 85.1 cm³/mol. The molecule has 1 aliphatic rings. The molecule has 2 heterocycles. The Morgan fingerprint density at radius 1 is 1.20 bits per heavy atom. The molecule has 20 heavy (non-hydrogen) atoms. The number of piperazine rings is 1. The Kier molecular flexibility index (Phi) is 5.61. The molecule has 0 radical (unpaired) electrons. The van der Waals surface area contributed by atoms with E-state index in [-0.39, 0.29) is 0 Å². The van der Waals surface area contributed by atoms with Crippen LogP contribution in [0.3, 0.4) is 0 Å². The van der Waals surface area contributed by atoms with Gasteiger partial charge in [0.1, 0.15) is 0 Å². The number of nitrogen functional groups attached to an aromatic ring is 1. The number of rotatable bonds is 6. The first-order chi connectivity index (χ1) is 9.74. The summed E-state index contributed by atoms with van der Waals surface area (Å²) in [5, 5.41) is 0. The van der Waals surface area contributed by atoms with Gasteiger partial charge in [0.2, 0.25) is 0 Å². The van der Waals surface area contributed by atoms with Crippen molar-refractivity contribution in [2.45, 2.75) is 13.8 Å². The van der Waals surface area contributed by atoms with E-state index in [1.165, 1.54) is 6.54 Å². The lowest BCUT2D eigenvalue weighted by Crippen LogP contribution is -2.48. The number of aromatic nitrogens is 1. The molecular formula is C15H27N5. The SMILES string of the molecule is CCN(CC)CCN1CCN(c2ncccc2N)CC1. The van der Waals surface area contributed by atoms with Crippen LogP contribution in [0.5, 0.6) is 0 Å². The third-order valence-electron chi connectivity index (χ3n) is 4.12. The van der Waals surface area contributed by atoms with Gasteiger partial charge in [0.15, 0.2) is 5.82 Å². The van der Waals surface area contributed by atoms with Crippen LogP contribution in [0.2, 0.25) is 0 Å². The second-order valence-electron chi connectivity index (χ2n) is 5.27. The molecule has 1 aliphatic heterocycles. The van der Waals surface area contributed by atoms with Crippen molar-refractivity contribution >= 4 is 11.5 Å². The number of anilines is 2. The van der Waals surface area contributed by atoms with Gasteiger partial charge in [-0.25, -0.2) is 4.98 Å². The van der Waals surface area contributed by atoms with Gasteiger partial charge in [-0.2, -0.15) is 0 Å². The maximum Gasteiger partial charge on any atom is 0.151 e. The molecular weight excluding hydrogens is 250 g/mol. The zero-order valence-corrected chi connectivity index (χ0v) is 12.8. The van der Waals surface area contributed by atoms with Gasteiger partial charge in [-0.15, -0.1) is 0 Å². The quantitative estimate of drug-likeness (QED) is 0.844. The Morgan fingerprint density at radius 3 is 2.50 bits per heavy atom. The summed E-state index contributed by atoms with van der Waals surface area (Å²) in [5.74, 6) is 0.941. The second-order valence-corrected chi connectivity index (χ2v) is 5.27. The number of nitrogens with two attached hydrogens (primary N) is 1. The van der Waals surface area contributed by atoms with Crippen LogP contribution in [0.15, 0.2) is 18.3 Å². The normalized spacial score (nSPS) is 16.9. The molecule has 0 spiro atoms. The number of hydrogen-bond donors (Lipinski definition) is 1. The molecule has 1 aromatic heterocycles. The van der Waals surface area contributed by atoms with E-state index in [1.54, 1.807) is 0 Å². The number of nitrogens with zero attached hydrogens (tertiary/aromatic N) is 4. The van der Waals surface area contributed by atoms with Crippen molar-refractivity contribution in [2.24, 2.45) is 0 Å². The molecule has 0 saturated carbocycles. The standard InChI is InChI=1S/C15H27N5/c1-3-18(4-2)8-9-19-10-12-20(13-11-19)15-14(16)6-5-7-17-15/h5-7H,3-4,8-13,16H2,1-2H3. The molecule has 0 aliphatic carbocycles. The predicted octanol–water partition coefficient (Wildman–Crippen LogP) is 1.13. The Bertz CT molecular complexity index is 397. The van der Waals surface area contributed by atoms with E-state index in [0.29, 0.717) is 0 Å². The Labute approximate surface area is 122 Å². The van der Waals surface area contributed by atoms with Crippen molar-refractivity contribution in [1.82, 2.24) is 14.8 Å². The summed E-state index contributed by atoms with van der Waals surface area (Å²) in [7, 11) is 0. The molecule has 112 valence electrons. The summed E-state index contributed by atoms with van der Waals surface area (Å²) in [6.45, 7) is 13.3. The molecule has 5 nitrogen and oxygen atoms in total. The maximum atomic E-state index is 6.00. The largest absolute Gasteiger partial charge is 0.396 e. The third kappa shape index (κ3) is 3.84. The van der Waals surface area contributed by atoms with E-state index in [0.717, 1.165) is 57.3 Å². The van der Waals surface area contributed by atoms with Crippen LogP contribution >= 0.6 is 0 Å². The molecule has 1 fully saturated rings. The molecule has 2 rings (SSSR count). The second kappa shape index (κ2) is 7.45. The molecule has 0 unspecified atom stereocenters. The van der Waals surface area contributed by atoms with Gasteiger partial charge in [-0.05, 0) is 25.2 Å². The number of pyridine rings is 1. The summed E-state index contributed by atoms with van der Waals surface area (Å²) in [6.07, 6.45) is 1.82. The van der Waals surface area contributed by atoms with Gasteiger partial charge >= 0.3 is 0 Å². The maximum absolute atomic E-state index is 6.00. The average molecular weight is 277 g/mol. The minimum atomic E-state index is 0.782. The van der Waals surface area contributed by atoms with E-state index < -0.39 is 0 Å². The van der Waals surface area contributed by atoms with Crippen molar-refractivity contribution in [3.8, 4) is 0 Å². The monoisotopic (exact) mass is 277 g/mol. The average Bonchev–Trinajstić information content (AvgIpc) is 2.49. The van der Waals surface area contributed by atoms with Gasteiger partial charge in [-0.3, -0.25) is 4.90 Å². The minimum absolute atomic E-state index is 0.782. The first-order valence-electron chi connectivity index (χ1n) is 7.64. The van der Waals surface area contributed by atoms with E-state index in [2.05, 4.69) is 33.5 Å². The van der Waals surface area contributed by atoms with Gasteiger partial charge in [0.25, 0.3) is 0 Å². The van der Waals surface area contributed by atoms with Crippen molar-refractivity contribution < 1.29 is 0 Å². The number of likely N-dealkylation sites (N-methyl/N-ethyl adjacent to an activating group) is 1. The Balaban J connectivity index is 1.79. The summed E-state index contributed by atoms with van der Waals surface area (Å²) in [6, 6.07) is 3.81. The van der Waals surface area contributed by atoms with E-state index in [9.17, 15) is 0 Å². The third-order valence-corrected chi connectivity index (χ3v) is 4.12. The minimum Gasteiger partial charge on any atom is -0.396 e. The van der Waals surface area contributed by atoms with Crippen molar-refractivity contribution in [1.29, 1.82) is 0 Å². The summed E-state index contributed by atoms with van der Waals surface area (Å²) < 4.78 is 0. The molecule has 0 bridgehead atoms. The lowest BCUT2D eigenvalue weighted by Gasteiger charge is -2.36. The highest BCUT2D eigenvalue weighted by Gasteiger charge is 2.19. The summed E-state index contributed by atoms with van der Waals surface area (Å²) in [5.41, 5.74) is 6.78. The van der Waals surface area contributed by atoms with Crippen molar-refractivity contribution in [2.75, 3.05) is 63.0 Å². The van der Waals surface area contributed by atoms with Crippen molar-refractivity contribution in [3.63, 3.8) is 0 Å². The molecule has 0 atom stereocenters. The summed E-state index contributed by atoms with van der Waals surface area (Å²) in [4.78, 5) is 11.7. The molecule has 0 aromatic carbocycles. The van der Waals surface area contributed by atoms with Crippen molar-refractivity contribution in [3.05, 3.63) is 18.3 Å². The fourth-order valence-corrected chi connectivity index (χ4v) is 2.68. The first kappa shape index (κ1) is 15.1. The van der Waals surface area contributed by atoms with E-state index in [4.69, 9.17) is 5.73 Å². The first-order valence-corrected chi connectivity index (χ1v) is 7.64. The Hall–Kier alpha value is -1.33. The zero-order valence-electron chi connectivity index (χ0n) is 12.8. The lowest BCUT2D eigenvalue weighted by molar-refractivity contribution is 0.206. The van der Waals surface area contributed by atoms with Gasteiger partial charge < -0.3 is 15.5 Å². The highest BCUT2D eigenvalue weighted by molar-refractivity contribution is 5.62. The molecule has 0 amide bonds. The molecule has 5 heteroatoms. The van der Waals surface area contributed by atoms with Crippen LogP contribution < -0.4 is 10.6 Å². The number of hydrogen-bond acceptors (Lipinski definition) is 5. The highest BCUT2D eigenvalue weighted by Crippen LogP contribution is 2.20. The fraction of sp³-hybridized carbons (Fsp3) is 0.667. The molecule has 2 N–H and O–H groups in total. The van der Waals surface area contributed by atoms with Gasteiger partial charge in [0.05, 0.1) is 5.69 Å². The fourth-order valence-electron chi connectivity index (χ4n) is 2.68. The van der Waals surface area contributed by atoms with Crippen LogP contribution in [0.4, 0.5) is 11.5 Å². The van der Waals surface area contributed by atoms with Crippen LogP contribution in [0.1, 0.15) is 13.8 Å². The Morgan fingerprint density at radius 2 is 1.90 bits per heavy atom. The van der Waals surface area contributed by atoms with Crippen LogP contribution in [0, 0.1) is 0 Å². The highest BCUT2D eigenvalue weighted by atomic mass is 15.3. The topological polar surface area (TPSA) is 48.6 Å². The van der Waals surface area contributed by atoms with Gasteiger partial charge in [-0.1, -0.05) is 13.8 Å². The smallest absolute Gasteiger partial charge is 0.151 e. The summed E-state index contributed by atoms with van der Waals surface area (Å²) >= 11 is 0. The molecule has 1 aromatic rings. The molecule has 1 saturated heterocycles. The lowest BCUT2D eigenvalue weighted by atomic mass is 10.2. The van der Waals surface area contributed by atoms with Crippen LogP contribution in [-0.4, -0.2) is 67.1 Å².